The number of hydrogen-bond donors (Lipinski definition) is 2. The lowest BCUT2D eigenvalue weighted by Gasteiger charge is -2.06. The molecule has 0 radical (unpaired) electrons. The molecule has 0 aromatic heterocycles. The van der Waals surface area contributed by atoms with Crippen LogP contribution < -0.4 is 0 Å². The van der Waals surface area contributed by atoms with Crippen LogP contribution in [0.5, 0.6) is 5.75 Å². The normalized spacial score (nSPS) is 10.3. The summed E-state index contributed by atoms with van der Waals surface area (Å²) in [4.78, 5) is 0.874. The maximum absolute atomic E-state index is 9.43. The summed E-state index contributed by atoms with van der Waals surface area (Å²) in [5.41, 5.74) is 3.24. The Balaban J connectivity index is 2.58. The van der Waals surface area contributed by atoms with Crippen molar-refractivity contribution in [2.24, 2.45) is 0 Å². The second-order valence-corrected chi connectivity index (χ2v) is 4.05. The fourth-order valence-corrected chi connectivity index (χ4v) is 1.84. The van der Waals surface area contributed by atoms with Gasteiger partial charge >= 0.3 is 0 Å². The van der Waals surface area contributed by atoms with E-state index in [2.05, 4.69) is 18.7 Å². The van der Waals surface area contributed by atoms with E-state index in [9.17, 15) is 5.11 Å². The Hall–Kier alpha value is -1.41. The SMILES string of the molecule is Cc1cccc(-c2cc(O)ccc2S)c1. The van der Waals surface area contributed by atoms with E-state index in [0.29, 0.717) is 0 Å². The molecule has 0 aliphatic rings. The molecule has 0 aliphatic heterocycles. The lowest BCUT2D eigenvalue weighted by atomic mass is 10.0. The number of aryl methyl sites for hydroxylation is 1. The van der Waals surface area contributed by atoms with Crippen LogP contribution in [0.1, 0.15) is 5.56 Å². The van der Waals surface area contributed by atoms with Gasteiger partial charge in [-0.2, -0.15) is 0 Å². The van der Waals surface area contributed by atoms with Gasteiger partial charge in [0, 0.05) is 4.90 Å². The minimum absolute atomic E-state index is 0.268. The Bertz CT molecular complexity index is 492. The number of phenolic OH excluding ortho intramolecular Hbond substituents is 1. The molecule has 0 amide bonds. The van der Waals surface area contributed by atoms with Gasteiger partial charge in [0.25, 0.3) is 0 Å². The lowest BCUT2D eigenvalue weighted by molar-refractivity contribution is 0.475. The van der Waals surface area contributed by atoms with Crippen LogP contribution in [-0.4, -0.2) is 5.11 Å². The molecular weight excluding hydrogens is 204 g/mol. The average molecular weight is 216 g/mol. The van der Waals surface area contributed by atoms with Crippen LogP contribution in [0.3, 0.4) is 0 Å². The van der Waals surface area contributed by atoms with Gasteiger partial charge in [0.2, 0.25) is 0 Å². The predicted molar refractivity (Wildman–Crippen MR) is 65.5 cm³/mol. The predicted octanol–water partition coefficient (Wildman–Crippen LogP) is 3.66. The number of thiol groups is 1. The first-order valence-corrected chi connectivity index (χ1v) is 5.20. The zero-order valence-electron chi connectivity index (χ0n) is 8.44. The Morgan fingerprint density at radius 2 is 1.87 bits per heavy atom. The molecule has 0 atom stereocenters. The van der Waals surface area contributed by atoms with Crippen molar-refractivity contribution >= 4 is 12.6 Å². The highest BCUT2D eigenvalue weighted by atomic mass is 32.1. The fraction of sp³-hybridized carbons (Fsp3) is 0.0769. The fourth-order valence-electron chi connectivity index (χ4n) is 1.57. The van der Waals surface area contributed by atoms with Crippen LogP contribution in [-0.2, 0) is 0 Å². The summed E-state index contributed by atoms with van der Waals surface area (Å²) in [6.45, 7) is 2.05. The number of phenols is 1. The van der Waals surface area contributed by atoms with Crippen molar-refractivity contribution in [3.63, 3.8) is 0 Å². The minimum atomic E-state index is 0.268. The highest BCUT2D eigenvalue weighted by Gasteiger charge is 2.03. The zero-order chi connectivity index (χ0) is 10.8. The molecule has 76 valence electrons. The van der Waals surface area contributed by atoms with Gasteiger partial charge < -0.3 is 5.11 Å². The Labute approximate surface area is 94.8 Å². The third-order valence-corrected chi connectivity index (χ3v) is 2.70. The summed E-state index contributed by atoms with van der Waals surface area (Å²) >= 11 is 4.38. The maximum Gasteiger partial charge on any atom is 0.116 e. The van der Waals surface area contributed by atoms with Crippen LogP contribution in [0.2, 0.25) is 0 Å². The first kappa shape index (κ1) is 10.1. The lowest BCUT2D eigenvalue weighted by Crippen LogP contribution is -1.81. The van der Waals surface area contributed by atoms with Crippen LogP contribution in [0.25, 0.3) is 11.1 Å². The Morgan fingerprint density at radius 3 is 2.60 bits per heavy atom. The zero-order valence-corrected chi connectivity index (χ0v) is 9.33. The van der Waals surface area contributed by atoms with Gasteiger partial charge in [-0.25, -0.2) is 0 Å². The smallest absolute Gasteiger partial charge is 0.116 e. The van der Waals surface area contributed by atoms with Crippen molar-refractivity contribution in [3.8, 4) is 16.9 Å². The molecule has 0 saturated heterocycles. The molecule has 0 heterocycles. The topological polar surface area (TPSA) is 20.2 Å². The van der Waals surface area contributed by atoms with E-state index >= 15 is 0 Å². The van der Waals surface area contributed by atoms with Crippen LogP contribution in [0.4, 0.5) is 0 Å². The number of rotatable bonds is 1. The second-order valence-electron chi connectivity index (χ2n) is 3.57. The van der Waals surface area contributed by atoms with Crippen molar-refractivity contribution in [2.75, 3.05) is 0 Å². The van der Waals surface area contributed by atoms with Crippen LogP contribution >= 0.6 is 12.6 Å². The third kappa shape index (κ3) is 2.16. The van der Waals surface area contributed by atoms with Gasteiger partial charge in [0.05, 0.1) is 0 Å². The van der Waals surface area contributed by atoms with Gasteiger partial charge in [-0.15, -0.1) is 12.6 Å². The molecular formula is C13H12OS. The highest BCUT2D eigenvalue weighted by molar-refractivity contribution is 7.80. The van der Waals surface area contributed by atoms with E-state index in [1.807, 2.05) is 25.1 Å². The summed E-state index contributed by atoms with van der Waals surface area (Å²) in [6.07, 6.45) is 0. The van der Waals surface area contributed by atoms with Gasteiger partial charge in [-0.05, 0) is 36.2 Å². The van der Waals surface area contributed by atoms with E-state index < -0.39 is 0 Å². The molecule has 15 heavy (non-hydrogen) atoms. The average Bonchev–Trinajstić information content (AvgIpc) is 2.22. The Morgan fingerprint density at radius 1 is 1.07 bits per heavy atom. The summed E-state index contributed by atoms with van der Waals surface area (Å²) in [7, 11) is 0. The largest absolute Gasteiger partial charge is 0.508 e. The molecule has 2 rings (SSSR count). The molecule has 0 bridgehead atoms. The van der Waals surface area contributed by atoms with Crippen molar-refractivity contribution in [1.82, 2.24) is 0 Å². The Kier molecular flexibility index (Phi) is 2.69. The minimum Gasteiger partial charge on any atom is -0.508 e. The van der Waals surface area contributed by atoms with Gasteiger partial charge in [0.1, 0.15) is 5.75 Å². The van der Waals surface area contributed by atoms with Crippen molar-refractivity contribution in [3.05, 3.63) is 48.0 Å². The van der Waals surface area contributed by atoms with E-state index in [1.165, 1.54) is 5.56 Å². The monoisotopic (exact) mass is 216 g/mol. The van der Waals surface area contributed by atoms with Crippen molar-refractivity contribution < 1.29 is 5.11 Å². The first-order chi connectivity index (χ1) is 7.16. The van der Waals surface area contributed by atoms with E-state index in [0.717, 1.165) is 16.0 Å². The molecule has 2 aromatic carbocycles. The highest BCUT2D eigenvalue weighted by Crippen LogP contribution is 2.30. The molecule has 2 heteroatoms. The van der Waals surface area contributed by atoms with Crippen molar-refractivity contribution in [2.45, 2.75) is 11.8 Å². The number of hydrogen-bond acceptors (Lipinski definition) is 2. The van der Waals surface area contributed by atoms with Gasteiger partial charge in [-0.1, -0.05) is 29.8 Å². The molecule has 2 aromatic rings. The third-order valence-electron chi connectivity index (χ3n) is 2.31. The van der Waals surface area contributed by atoms with Crippen LogP contribution in [0, 0.1) is 6.92 Å². The molecule has 1 N–H and O–H groups in total. The molecule has 0 aliphatic carbocycles. The quantitative estimate of drug-likeness (QED) is 0.697. The summed E-state index contributed by atoms with van der Waals surface area (Å²) in [5, 5.41) is 9.43. The first-order valence-electron chi connectivity index (χ1n) is 4.76. The van der Waals surface area contributed by atoms with Crippen LogP contribution in [0.15, 0.2) is 47.4 Å². The maximum atomic E-state index is 9.43. The summed E-state index contributed by atoms with van der Waals surface area (Å²) in [6, 6.07) is 13.3. The molecule has 1 nitrogen and oxygen atoms in total. The molecule has 0 fully saturated rings. The van der Waals surface area contributed by atoms with Gasteiger partial charge in [0.15, 0.2) is 0 Å². The second kappa shape index (κ2) is 3.99. The number of aromatic hydroxyl groups is 1. The molecule has 0 saturated carbocycles. The van der Waals surface area contributed by atoms with E-state index in [-0.39, 0.29) is 5.75 Å². The van der Waals surface area contributed by atoms with E-state index in [4.69, 9.17) is 0 Å². The summed E-state index contributed by atoms with van der Waals surface area (Å²) < 4.78 is 0. The summed E-state index contributed by atoms with van der Waals surface area (Å²) in [5.74, 6) is 0.268. The van der Waals surface area contributed by atoms with Gasteiger partial charge in [-0.3, -0.25) is 0 Å². The van der Waals surface area contributed by atoms with E-state index in [1.54, 1.807) is 18.2 Å². The number of benzene rings is 2. The molecule has 0 spiro atoms. The van der Waals surface area contributed by atoms with Crippen molar-refractivity contribution in [1.29, 1.82) is 0 Å². The standard InChI is InChI=1S/C13H12OS/c1-9-3-2-4-10(7-9)12-8-11(14)5-6-13(12)15/h2-8,14-15H,1H3. The molecule has 0 unspecified atom stereocenters.